The Morgan fingerprint density at radius 3 is 2.48 bits per heavy atom. The molecular formula is C25H26ClN3O4. The molecule has 2 N–H and O–H groups in total. The number of hydrogen-bond acceptors (Lipinski definition) is 5. The number of benzene rings is 2. The highest BCUT2D eigenvalue weighted by Crippen LogP contribution is 2.36. The maximum Gasteiger partial charge on any atom is 0.255 e. The summed E-state index contributed by atoms with van der Waals surface area (Å²) in [4.78, 5) is 40.5. The van der Waals surface area contributed by atoms with Gasteiger partial charge >= 0.3 is 0 Å². The van der Waals surface area contributed by atoms with Gasteiger partial charge in [0.05, 0.1) is 5.60 Å². The molecule has 3 aliphatic rings. The highest BCUT2D eigenvalue weighted by molar-refractivity contribution is 6.30. The largest absolute Gasteiger partial charge is 0.385 e. The summed E-state index contributed by atoms with van der Waals surface area (Å²) in [5.74, 6) is -0.914. The van der Waals surface area contributed by atoms with Gasteiger partial charge in [0.1, 0.15) is 6.04 Å². The third kappa shape index (κ3) is 4.28. The second-order valence-electron chi connectivity index (χ2n) is 9.21. The van der Waals surface area contributed by atoms with Crippen molar-refractivity contribution in [2.24, 2.45) is 0 Å². The number of carbonyl (C=O) groups is 3. The molecule has 0 aliphatic carbocycles. The lowest BCUT2D eigenvalue weighted by Gasteiger charge is -2.38. The number of rotatable bonds is 4. The third-order valence-corrected chi connectivity index (χ3v) is 7.32. The molecule has 0 bridgehead atoms. The van der Waals surface area contributed by atoms with E-state index in [0.29, 0.717) is 31.4 Å². The van der Waals surface area contributed by atoms with Gasteiger partial charge in [-0.05, 0) is 54.2 Å². The van der Waals surface area contributed by atoms with E-state index in [0.717, 1.165) is 35.8 Å². The van der Waals surface area contributed by atoms with Gasteiger partial charge in [-0.15, -0.1) is 0 Å². The van der Waals surface area contributed by atoms with Crippen LogP contribution in [0.25, 0.3) is 0 Å². The maximum absolute atomic E-state index is 12.9. The van der Waals surface area contributed by atoms with Crippen LogP contribution in [0.5, 0.6) is 0 Å². The zero-order valence-electron chi connectivity index (χ0n) is 18.2. The zero-order chi connectivity index (χ0) is 23.2. The molecule has 1 unspecified atom stereocenters. The minimum atomic E-state index is -0.948. The quantitative estimate of drug-likeness (QED) is 0.674. The molecule has 0 saturated carbocycles. The van der Waals surface area contributed by atoms with E-state index in [4.69, 9.17) is 11.6 Å². The second-order valence-corrected chi connectivity index (χ2v) is 9.64. The van der Waals surface area contributed by atoms with Gasteiger partial charge in [0.25, 0.3) is 5.91 Å². The molecule has 2 aromatic carbocycles. The Balaban J connectivity index is 1.26. The molecule has 3 heterocycles. The fraction of sp³-hybridized carbons (Fsp3) is 0.400. The number of amides is 3. The number of aliphatic hydroxyl groups is 1. The molecule has 0 spiro atoms. The van der Waals surface area contributed by atoms with Crippen LogP contribution in [0.2, 0.25) is 5.02 Å². The van der Waals surface area contributed by atoms with Gasteiger partial charge in [-0.1, -0.05) is 35.9 Å². The summed E-state index contributed by atoms with van der Waals surface area (Å²) in [6, 6.07) is 12.7. The lowest BCUT2D eigenvalue weighted by atomic mass is 9.83. The van der Waals surface area contributed by atoms with Crippen LogP contribution in [0.4, 0.5) is 0 Å². The highest BCUT2D eigenvalue weighted by Gasteiger charge is 2.40. The molecule has 2 fully saturated rings. The van der Waals surface area contributed by atoms with Gasteiger partial charge in [-0.25, -0.2) is 0 Å². The lowest BCUT2D eigenvalue weighted by molar-refractivity contribution is -0.136. The van der Waals surface area contributed by atoms with Crippen LogP contribution in [0.1, 0.15) is 52.7 Å². The van der Waals surface area contributed by atoms with Gasteiger partial charge in [0.15, 0.2) is 0 Å². The monoisotopic (exact) mass is 467 g/mol. The lowest BCUT2D eigenvalue weighted by Crippen LogP contribution is -2.52. The Labute approximate surface area is 197 Å². The van der Waals surface area contributed by atoms with E-state index >= 15 is 0 Å². The standard InChI is InChI=1S/C25H26ClN3O4/c26-19-4-1-16(2-5-19)14-28-11-9-25(33,10-12-28)18-3-6-20-17(13-18)15-29(24(20)32)21-7-8-22(30)27-23(21)31/h1-6,13,21,33H,7-12,14-15H2,(H,27,30,31). The van der Waals surface area contributed by atoms with E-state index in [1.54, 1.807) is 6.07 Å². The molecule has 2 aromatic rings. The molecule has 172 valence electrons. The number of piperidine rings is 2. The van der Waals surface area contributed by atoms with Crippen molar-refractivity contribution in [3.05, 3.63) is 69.7 Å². The number of fused-ring (bicyclic) bond motifs is 1. The van der Waals surface area contributed by atoms with Gasteiger partial charge in [-0.3, -0.25) is 24.6 Å². The molecule has 3 aliphatic heterocycles. The fourth-order valence-electron chi connectivity index (χ4n) is 5.08. The summed E-state index contributed by atoms with van der Waals surface area (Å²) in [6.07, 6.45) is 1.77. The molecule has 33 heavy (non-hydrogen) atoms. The van der Waals surface area contributed by atoms with E-state index in [2.05, 4.69) is 10.2 Å². The van der Waals surface area contributed by atoms with Crippen molar-refractivity contribution in [3.63, 3.8) is 0 Å². The predicted molar refractivity (Wildman–Crippen MR) is 122 cm³/mol. The van der Waals surface area contributed by atoms with Crippen molar-refractivity contribution >= 4 is 29.3 Å². The first kappa shape index (κ1) is 22.1. The molecule has 3 amide bonds. The number of nitrogens with one attached hydrogen (secondary N) is 1. The molecule has 2 saturated heterocycles. The second kappa shape index (κ2) is 8.56. The molecule has 7 nitrogen and oxygen atoms in total. The smallest absolute Gasteiger partial charge is 0.255 e. The highest BCUT2D eigenvalue weighted by atomic mass is 35.5. The van der Waals surface area contributed by atoms with Crippen LogP contribution < -0.4 is 5.32 Å². The minimum absolute atomic E-state index is 0.198. The number of halogens is 1. The molecular weight excluding hydrogens is 442 g/mol. The summed E-state index contributed by atoms with van der Waals surface area (Å²) >= 11 is 5.97. The average Bonchev–Trinajstić information content (AvgIpc) is 3.13. The summed E-state index contributed by atoms with van der Waals surface area (Å²) in [7, 11) is 0. The van der Waals surface area contributed by atoms with Gasteiger partial charge in [0, 0.05) is 43.2 Å². The van der Waals surface area contributed by atoms with E-state index < -0.39 is 17.6 Å². The molecule has 0 aromatic heterocycles. The van der Waals surface area contributed by atoms with Crippen LogP contribution in [0.3, 0.4) is 0 Å². The fourth-order valence-corrected chi connectivity index (χ4v) is 5.21. The number of nitrogens with zero attached hydrogens (tertiary/aromatic N) is 2. The first-order valence-electron chi connectivity index (χ1n) is 11.3. The summed E-state index contributed by atoms with van der Waals surface area (Å²) < 4.78 is 0. The SMILES string of the molecule is O=C1CCC(N2Cc3cc(C4(O)CCN(Cc5ccc(Cl)cc5)CC4)ccc3C2=O)C(=O)N1. The van der Waals surface area contributed by atoms with Crippen LogP contribution in [-0.2, 0) is 28.3 Å². The molecule has 8 heteroatoms. The van der Waals surface area contributed by atoms with E-state index in [-0.39, 0.29) is 18.2 Å². The van der Waals surface area contributed by atoms with E-state index in [9.17, 15) is 19.5 Å². The molecule has 1 atom stereocenters. The van der Waals surface area contributed by atoms with Crippen molar-refractivity contribution in [2.45, 2.75) is 50.4 Å². The first-order chi connectivity index (χ1) is 15.8. The van der Waals surface area contributed by atoms with E-state index in [1.165, 1.54) is 10.5 Å². The van der Waals surface area contributed by atoms with Crippen LogP contribution in [-0.4, -0.2) is 51.8 Å². The van der Waals surface area contributed by atoms with Crippen LogP contribution in [0.15, 0.2) is 42.5 Å². The van der Waals surface area contributed by atoms with Gasteiger partial charge < -0.3 is 10.0 Å². The summed E-state index contributed by atoms with van der Waals surface area (Å²) in [5, 5.41) is 14.4. The minimum Gasteiger partial charge on any atom is -0.385 e. The Bertz CT molecular complexity index is 1110. The Morgan fingerprint density at radius 1 is 1.06 bits per heavy atom. The first-order valence-corrected chi connectivity index (χ1v) is 11.7. The number of likely N-dealkylation sites (tertiary alicyclic amines) is 1. The van der Waals surface area contributed by atoms with Crippen molar-refractivity contribution in [3.8, 4) is 0 Å². The average molecular weight is 468 g/mol. The van der Waals surface area contributed by atoms with E-state index in [1.807, 2.05) is 36.4 Å². The Hall–Kier alpha value is -2.74. The summed E-state index contributed by atoms with van der Waals surface area (Å²) in [5.41, 5.74) is 2.43. The topological polar surface area (TPSA) is 90.0 Å². The Kier molecular flexibility index (Phi) is 5.72. The number of hydrogen-bond donors (Lipinski definition) is 2. The third-order valence-electron chi connectivity index (χ3n) is 7.06. The van der Waals surface area contributed by atoms with Crippen molar-refractivity contribution in [1.29, 1.82) is 0 Å². The van der Waals surface area contributed by atoms with Crippen molar-refractivity contribution in [1.82, 2.24) is 15.1 Å². The Morgan fingerprint density at radius 2 is 1.79 bits per heavy atom. The van der Waals surface area contributed by atoms with Gasteiger partial charge in [-0.2, -0.15) is 0 Å². The zero-order valence-corrected chi connectivity index (χ0v) is 19.0. The van der Waals surface area contributed by atoms with Crippen LogP contribution in [0, 0.1) is 0 Å². The van der Waals surface area contributed by atoms with Crippen molar-refractivity contribution < 1.29 is 19.5 Å². The molecule has 0 radical (unpaired) electrons. The summed E-state index contributed by atoms with van der Waals surface area (Å²) in [6.45, 7) is 2.65. The van der Waals surface area contributed by atoms with Crippen molar-refractivity contribution in [2.75, 3.05) is 13.1 Å². The normalized spacial score (nSPS) is 22.9. The maximum atomic E-state index is 12.9. The van der Waals surface area contributed by atoms with Crippen LogP contribution >= 0.6 is 11.6 Å². The molecule has 5 rings (SSSR count). The number of imide groups is 1. The number of carbonyl (C=O) groups excluding carboxylic acids is 3. The predicted octanol–water partition coefficient (Wildman–Crippen LogP) is 2.58. The van der Waals surface area contributed by atoms with Gasteiger partial charge in [0.2, 0.25) is 11.8 Å².